The highest BCUT2D eigenvalue weighted by atomic mass is 16.5. The predicted molar refractivity (Wildman–Crippen MR) is 142 cm³/mol. The molecule has 4 aliphatic heterocycles. The van der Waals surface area contributed by atoms with Gasteiger partial charge in [-0.1, -0.05) is 0 Å². The predicted octanol–water partition coefficient (Wildman–Crippen LogP) is 2.72. The summed E-state index contributed by atoms with van der Waals surface area (Å²) in [7, 11) is 0. The smallest absolute Gasteiger partial charge is 0.260 e. The van der Waals surface area contributed by atoms with Gasteiger partial charge in [0.2, 0.25) is 11.8 Å². The molecule has 38 heavy (non-hydrogen) atoms. The monoisotopic (exact) mass is 516 g/mol. The number of benzene rings is 1. The van der Waals surface area contributed by atoms with Gasteiger partial charge >= 0.3 is 0 Å². The number of rotatable bonds is 7. The van der Waals surface area contributed by atoms with E-state index in [1.54, 1.807) is 12.3 Å². The number of hydrogen-bond acceptors (Lipinski definition) is 7. The quantitative estimate of drug-likeness (QED) is 0.326. The summed E-state index contributed by atoms with van der Waals surface area (Å²) in [6, 6.07) is 3.97. The first-order valence-electron chi connectivity index (χ1n) is 13.4. The molecule has 10 heteroatoms. The molecular formula is C28H32N6O4. The number of anilines is 1. The van der Waals surface area contributed by atoms with Gasteiger partial charge < -0.3 is 31.0 Å². The summed E-state index contributed by atoms with van der Waals surface area (Å²) in [6.45, 7) is 3.31. The van der Waals surface area contributed by atoms with Crippen molar-refractivity contribution >= 4 is 35.3 Å². The van der Waals surface area contributed by atoms with E-state index in [0.29, 0.717) is 49.7 Å². The Morgan fingerprint density at radius 1 is 1.32 bits per heavy atom. The molecule has 2 saturated heterocycles. The molecule has 5 aliphatic rings. The summed E-state index contributed by atoms with van der Waals surface area (Å²) in [5.41, 5.74) is 2.74. The molecule has 1 aliphatic carbocycles. The Balaban J connectivity index is 1.25. The fourth-order valence-corrected chi connectivity index (χ4v) is 5.84. The maximum absolute atomic E-state index is 13.4. The van der Waals surface area contributed by atoms with Crippen molar-refractivity contribution < 1.29 is 19.1 Å². The number of nitrogens with one attached hydrogen (secondary N) is 4. The van der Waals surface area contributed by atoms with E-state index in [1.165, 1.54) is 0 Å². The second-order valence-corrected chi connectivity index (χ2v) is 10.8. The molecule has 198 valence electrons. The summed E-state index contributed by atoms with van der Waals surface area (Å²) < 4.78 is 6.35. The second kappa shape index (κ2) is 9.41. The van der Waals surface area contributed by atoms with Gasteiger partial charge in [0, 0.05) is 67.6 Å². The van der Waals surface area contributed by atoms with Gasteiger partial charge in [0.25, 0.3) is 5.91 Å². The number of fused-ring (bicyclic) bond motifs is 1. The van der Waals surface area contributed by atoms with E-state index in [0.717, 1.165) is 48.8 Å². The van der Waals surface area contributed by atoms with Gasteiger partial charge in [0.05, 0.1) is 5.57 Å². The van der Waals surface area contributed by atoms with E-state index in [-0.39, 0.29) is 29.1 Å². The molecule has 10 nitrogen and oxygen atoms in total. The minimum absolute atomic E-state index is 0.0218. The maximum Gasteiger partial charge on any atom is 0.260 e. The highest BCUT2D eigenvalue weighted by Gasteiger charge is 2.45. The SMILES string of the molecule is CC1(N2CCCC2=O)Cc2cc(NC(=O)/C(C=N)=C3\N=C(CC4CCNC4=O)C=CN3)c(C3CC3)cc2O1. The molecular weight excluding hydrogens is 484 g/mol. The third-order valence-electron chi connectivity index (χ3n) is 8.00. The van der Waals surface area contributed by atoms with E-state index < -0.39 is 11.6 Å². The van der Waals surface area contributed by atoms with E-state index in [9.17, 15) is 14.4 Å². The van der Waals surface area contributed by atoms with Crippen molar-refractivity contribution in [2.24, 2.45) is 10.9 Å². The van der Waals surface area contributed by atoms with Crippen LogP contribution in [-0.2, 0) is 20.8 Å². The molecule has 2 atom stereocenters. The molecule has 4 heterocycles. The average Bonchev–Trinajstić information content (AvgIpc) is 3.37. The van der Waals surface area contributed by atoms with Gasteiger partial charge in [0.1, 0.15) is 11.6 Å². The summed E-state index contributed by atoms with van der Waals surface area (Å²) in [5.74, 6) is 0.958. The molecule has 6 rings (SSSR count). The largest absolute Gasteiger partial charge is 0.468 e. The average molecular weight is 517 g/mol. The molecule has 3 amide bonds. The van der Waals surface area contributed by atoms with Crippen molar-refractivity contribution in [2.45, 2.75) is 63.5 Å². The van der Waals surface area contributed by atoms with Crippen molar-refractivity contribution in [1.82, 2.24) is 15.5 Å². The lowest BCUT2D eigenvalue weighted by Gasteiger charge is -2.34. The molecule has 4 N–H and O–H groups in total. The topological polar surface area (TPSA) is 136 Å². The number of amides is 3. The molecule has 0 spiro atoms. The van der Waals surface area contributed by atoms with Gasteiger partial charge in [-0.3, -0.25) is 14.4 Å². The van der Waals surface area contributed by atoms with Gasteiger partial charge in [0.15, 0.2) is 5.72 Å². The first kappa shape index (κ1) is 24.4. The van der Waals surface area contributed by atoms with Crippen LogP contribution < -0.4 is 20.7 Å². The van der Waals surface area contributed by atoms with Crippen molar-refractivity contribution in [2.75, 3.05) is 18.4 Å². The number of hydrogen-bond donors (Lipinski definition) is 4. The van der Waals surface area contributed by atoms with Crippen molar-refractivity contribution in [1.29, 1.82) is 5.41 Å². The molecule has 0 aromatic heterocycles. The summed E-state index contributed by atoms with van der Waals surface area (Å²) in [6.07, 6.45) is 9.73. The van der Waals surface area contributed by atoms with Crippen LogP contribution in [0.2, 0.25) is 0 Å². The summed E-state index contributed by atoms with van der Waals surface area (Å²) >= 11 is 0. The van der Waals surface area contributed by atoms with Crippen LogP contribution in [0, 0.1) is 11.3 Å². The number of aliphatic imine (C=N–C) groups is 1. The van der Waals surface area contributed by atoms with Crippen molar-refractivity contribution in [3.63, 3.8) is 0 Å². The minimum Gasteiger partial charge on any atom is -0.468 e. The van der Waals surface area contributed by atoms with Gasteiger partial charge in [-0.25, -0.2) is 4.99 Å². The zero-order valence-electron chi connectivity index (χ0n) is 21.4. The molecule has 0 bridgehead atoms. The molecule has 1 aromatic carbocycles. The van der Waals surface area contributed by atoms with Crippen LogP contribution in [0.25, 0.3) is 0 Å². The lowest BCUT2D eigenvalue weighted by atomic mass is 9.99. The second-order valence-electron chi connectivity index (χ2n) is 10.8. The zero-order chi connectivity index (χ0) is 26.4. The third kappa shape index (κ3) is 4.48. The van der Waals surface area contributed by atoms with Crippen molar-refractivity contribution in [3.8, 4) is 5.75 Å². The standard InChI is InChI=1S/C28H32N6O4/c1-28(34-10-2-3-24(34)35)14-18-12-22(20(16-4-5-16)13-23(18)38-28)33-27(37)21(15-29)25-30-9-7-19(32-25)11-17-6-8-31-26(17)36/h7,9,12-13,15-17,29-30H,2-6,8,10-11,14H2,1H3,(H,31,36)(H,33,37)/b25-21-,29-15?. The number of allylic oxidation sites excluding steroid dienone is 1. The van der Waals surface area contributed by atoms with E-state index in [4.69, 9.17) is 10.1 Å². The van der Waals surface area contributed by atoms with Crippen LogP contribution in [0.4, 0.5) is 5.69 Å². The van der Waals surface area contributed by atoms with Gasteiger partial charge in [-0.2, -0.15) is 0 Å². The normalized spacial score (nSPS) is 27.3. The van der Waals surface area contributed by atoms with Crippen LogP contribution in [0.1, 0.15) is 62.5 Å². The fourth-order valence-electron chi connectivity index (χ4n) is 5.84. The first-order chi connectivity index (χ1) is 18.3. The van der Waals surface area contributed by atoms with E-state index in [2.05, 4.69) is 20.9 Å². The Morgan fingerprint density at radius 2 is 2.16 bits per heavy atom. The van der Waals surface area contributed by atoms with Gasteiger partial charge in [-0.05, 0) is 62.3 Å². The lowest BCUT2D eigenvalue weighted by Crippen LogP contribution is -2.50. The van der Waals surface area contributed by atoms with E-state index >= 15 is 0 Å². The van der Waals surface area contributed by atoms with Crippen molar-refractivity contribution in [3.05, 3.63) is 46.9 Å². The molecule has 2 unspecified atom stereocenters. The number of likely N-dealkylation sites (tertiary alicyclic amines) is 1. The van der Waals surface area contributed by atoms with E-state index in [1.807, 2.05) is 24.0 Å². The lowest BCUT2D eigenvalue weighted by molar-refractivity contribution is -0.143. The highest BCUT2D eigenvalue weighted by Crippen LogP contribution is 2.48. The Morgan fingerprint density at radius 3 is 2.84 bits per heavy atom. The maximum atomic E-state index is 13.4. The van der Waals surface area contributed by atoms with Crippen LogP contribution in [0.15, 0.2) is 40.8 Å². The molecule has 1 saturated carbocycles. The minimum atomic E-state index is -0.721. The van der Waals surface area contributed by atoms with Crippen LogP contribution in [0.3, 0.4) is 0 Å². The Bertz CT molecular complexity index is 1330. The summed E-state index contributed by atoms with van der Waals surface area (Å²) in [5, 5.41) is 16.8. The van der Waals surface area contributed by atoms with Crippen LogP contribution in [0.5, 0.6) is 5.75 Å². The number of carbonyl (C=O) groups excluding carboxylic acids is 3. The Labute approximate surface area is 221 Å². The third-order valence-corrected chi connectivity index (χ3v) is 8.00. The zero-order valence-corrected chi connectivity index (χ0v) is 21.4. The number of ether oxygens (including phenoxy) is 1. The van der Waals surface area contributed by atoms with Crippen LogP contribution >= 0.6 is 0 Å². The molecule has 1 aromatic rings. The summed E-state index contributed by atoms with van der Waals surface area (Å²) in [4.78, 5) is 44.2. The Hall–Kier alpha value is -3.95. The fraction of sp³-hybridized carbons (Fsp3) is 0.464. The Kier molecular flexibility index (Phi) is 6.04. The van der Waals surface area contributed by atoms with Gasteiger partial charge in [-0.15, -0.1) is 0 Å². The molecule has 0 radical (unpaired) electrons. The number of carbonyl (C=O) groups is 3. The van der Waals surface area contributed by atoms with Crippen LogP contribution in [-0.4, -0.2) is 53.4 Å². The number of nitrogens with zero attached hydrogens (tertiary/aromatic N) is 2. The molecule has 3 fully saturated rings. The first-order valence-corrected chi connectivity index (χ1v) is 13.4. The highest BCUT2D eigenvalue weighted by molar-refractivity contribution is 6.18.